The third-order valence-corrected chi connectivity index (χ3v) is 5.57. The van der Waals surface area contributed by atoms with Crippen molar-refractivity contribution < 1.29 is 19.4 Å². The van der Waals surface area contributed by atoms with Gasteiger partial charge in [0.05, 0.1) is 25.8 Å². The smallest absolute Gasteiger partial charge is 0.264 e. The van der Waals surface area contributed by atoms with E-state index in [2.05, 4.69) is 0 Å². The second kappa shape index (κ2) is 7.94. The molecule has 0 bridgehead atoms. The van der Waals surface area contributed by atoms with E-state index in [1.54, 1.807) is 67.8 Å². The van der Waals surface area contributed by atoms with E-state index >= 15 is 0 Å². The molecule has 3 aromatic carbocycles. The Labute approximate surface area is 179 Å². The van der Waals surface area contributed by atoms with Gasteiger partial charge in [0.1, 0.15) is 5.75 Å². The molecule has 1 unspecified atom stereocenters. The highest BCUT2D eigenvalue weighted by atomic mass is 35.5. The van der Waals surface area contributed by atoms with Gasteiger partial charge in [-0.05, 0) is 48.0 Å². The summed E-state index contributed by atoms with van der Waals surface area (Å²) in [6.45, 7) is 0.270. The van der Waals surface area contributed by atoms with Crippen molar-refractivity contribution in [3.8, 4) is 5.75 Å². The molecule has 5 nitrogen and oxygen atoms in total. The fourth-order valence-electron chi connectivity index (χ4n) is 3.72. The van der Waals surface area contributed by atoms with E-state index in [0.717, 1.165) is 5.56 Å². The molecule has 0 aliphatic carbocycles. The van der Waals surface area contributed by atoms with E-state index < -0.39 is 11.5 Å². The number of halogens is 1. The molecule has 0 saturated carbocycles. The number of hydrogen-bond donors (Lipinski definition) is 1. The van der Waals surface area contributed by atoms with Gasteiger partial charge in [-0.25, -0.2) is 0 Å². The largest absolute Gasteiger partial charge is 0.497 e. The fraction of sp³-hybridized carbons (Fsp3) is 0.167. The van der Waals surface area contributed by atoms with Gasteiger partial charge in [0, 0.05) is 16.1 Å². The molecule has 0 spiro atoms. The van der Waals surface area contributed by atoms with E-state index in [-0.39, 0.29) is 18.7 Å². The highest BCUT2D eigenvalue weighted by Crippen LogP contribution is 2.43. The number of carbonyl (C=O) groups is 2. The van der Waals surface area contributed by atoms with Crippen LogP contribution >= 0.6 is 11.6 Å². The number of nitrogens with zero attached hydrogens (tertiary/aromatic N) is 1. The van der Waals surface area contributed by atoms with Crippen LogP contribution in [0.3, 0.4) is 0 Å². The molecule has 3 aromatic rings. The number of hydrogen-bond acceptors (Lipinski definition) is 4. The maximum atomic E-state index is 13.3. The van der Waals surface area contributed by atoms with Crippen LogP contribution in [0.2, 0.25) is 5.02 Å². The van der Waals surface area contributed by atoms with Crippen molar-refractivity contribution in [1.82, 2.24) is 0 Å². The lowest BCUT2D eigenvalue weighted by atomic mass is 9.88. The fourth-order valence-corrected chi connectivity index (χ4v) is 3.84. The average molecular weight is 422 g/mol. The molecule has 1 N–H and O–H groups in total. The predicted molar refractivity (Wildman–Crippen MR) is 115 cm³/mol. The molecule has 0 fully saturated rings. The Bertz CT molecular complexity index is 1090. The number of aliphatic hydroxyl groups is 1. The minimum absolute atomic E-state index is 0.270. The van der Waals surface area contributed by atoms with Crippen LogP contribution in [0.4, 0.5) is 5.69 Å². The highest BCUT2D eigenvalue weighted by Gasteiger charge is 2.50. The maximum absolute atomic E-state index is 13.3. The number of Topliss-reactive ketones (excluding diaryl/α,β-unsaturated/α-hetero) is 1. The molecule has 1 amide bonds. The van der Waals surface area contributed by atoms with Gasteiger partial charge in [0.25, 0.3) is 5.91 Å². The quantitative estimate of drug-likeness (QED) is 0.601. The van der Waals surface area contributed by atoms with E-state index in [0.29, 0.717) is 27.6 Å². The number of amides is 1. The Morgan fingerprint density at radius 1 is 1.03 bits per heavy atom. The summed E-state index contributed by atoms with van der Waals surface area (Å²) < 4.78 is 5.11. The number of ketones is 1. The van der Waals surface area contributed by atoms with Crippen LogP contribution < -0.4 is 9.64 Å². The first-order chi connectivity index (χ1) is 14.4. The summed E-state index contributed by atoms with van der Waals surface area (Å²) in [5.74, 6) is -0.209. The summed E-state index contributed by atoms with van der Waals surface area (Å²) in [7, 11) is 1.54. The molecule has 0 aromatic heterocycles. The number of methoxy groups -OCH3 is 1. The average Bonchev–Trinajstić information content (AvgIpc) is 2.97. The molecule has 4 rings (SSSR count). The van der Waals surface area contributed by atoms with Crippen molar-refractivity contribution >= 4 is 29.0 Å². The number of rotatable bonds is 6. The minimum atomic E-state index is -1.92. The highest BCUT2D eigenvalue weighted by molar-refractivity contribution is 6.30. The first-order valence-electron chi connectivity index (χ1n) is 9.48. The molecule has 0 saturated heterocycles. The molecule has 1 atom stereocenters. The molecule has 152 valence electrons. The molecule has 0 radical (unpaired) electrons. The number of ether oxygens (including phenoxy) is 1. The second-order valence-electron chi connectivity index (χ2n) is 7.22. The van der Waals surface area contributed by atoms with Crippen molar-refractivity contribution in [2.45, 2.75) is 18.6 Å². The van der Waals surface area contributed by atoms with Crippen LogP contribution in [0.25, 0.3) is 0 Å². The monoisotopic (exact) mass is 421 g/mol. The van der Waals surface area contributed by atoms with Gasteiger partial charge in [-0.2, -0.15) is 0 Å². The Balaban J connectivity index is 1.64. The first kappa shape index (κ1) is 20.1. The standard InChI is InChI=1S/C24H20ClNO4/c1-30-19-12-8-17(9-13-19)22(27)14-24(29)20-4-2-3-5-21(20)26(23(24)28)15-16-6-10-18(25)11-7-16/h2-13,29H,14-15H2,1H3. The molecular weight excluding hydrogens is 402 g/mol. The molecule has 1 aliphatic rings. The van der Waals surface area contributed by atoms with Crippen LogP contribution in [0.5, 0.6) is 5.75 Å². The third-order valence-electron chi connectivity index (χ3n) is 5.32. The summed E-state index contributed by atoms with van der Waals surface area (Å²) in [6.07, 6.45) is -0.341. The van der Waals surface area contributed by atoms with Crippen molar-refractivity contribution in [1.29, 1.82) is 0 Å². The van der Waals surface area contributed by atoms with Crippen molar-refractivity contribution in [3.63, 3.8) is 0 Å². The van der Waals surface area contributed by atoms with Gasteiger partial charge in [0.15, 0.2) is 11.4 Å². The van der Waals surface area contributed by atoms with Gasteiger partial charge in [0.2, 0.25) is 0 Å². The van der Waals surface area contributed by atoms with E-state index in [4.69, 9.17) is 16.3 Å². The van der Waals surface area contributed by atoms with Gasteiger partial charge >= 0.3 is 0 Å². The summed E-state index contributed by atoms with van der Waals surface area (Å²) in [5.41, 5.74) is 0.396. The lowest BCUT2D eigenvalue weighted by Gasteiger charge is -2.23. The topological polar surface area (TPSA) is 66.8 Å². The van der Waals surface area contributed by atoms with Crippen LogP contribution in [0.15, 0.2) is 72.8 Å². The van der Waals surface area contributed by atoms with Crippen LogP contribution in [0, 0.1) is 0 Å². The summed E-state index contributed by atoms with van der Waals surface area (Å²) in [6, 6.07) is 20.8. The Hall–Kier alpha value is -3.15. The maximum Gasteiger partial charge on any atom is 0.264 e. The van der Waals surface area contributed by atoms with Gasteiger partial charge in [-0.15, -0.1) is 0 Å². The van der Waals surface area contributed by atoms with Crippen LogP contribution in [-0.2, 0) is 16.9 Å². The third kappa shape index (κ3) is 3.58. The molecule has 1 heterocycles. The first-order valence-corrected chi connectivity index (χ1v) is 9.86. The normalized spacial score (nSPS) is 17.7. The Morgan fingerprint density at radius 3 is 2.37 bits per heavy atom. The molecule has 30 heavy (non-hydrogen) atoms. The molecular formula is C24H20ClNO4. The molecule has 1 aliphatic heterocycles. The van der Waals surface area contributed by atoms with E-state index in [9.17, 15) is 14.7 Å². The zero-order valence-corrected chi connectivity index (χ0v) is 17.1. The van der Waals surface area contributed by atoms with Crippen molar-refractivity contribution in [3.05, 3.63) is 94.5 Å². The van der Waals surface area contributed by atoms with Crippen LogP contribution in [-0.4, -0.2) is 23.9 Å². The number of benzene rings is 3. The van der Waals surface area contributed by atoms with Crippen LogP contribution in [0.1, 0.15) is 27.9 Å². The summed E-state index contributed by atoms with van der Waals surface area (Å²) in [5, 5.41) is 12.0. The number of carbonyl (C=O) groups excluding carboxylic acids is 2. The zero-order chi connectivity index (χ0) is 21.3. The number of anilines is 1. The number of fused-ring (bicyclic) bond motifs is 1. The summed E-state index contributed by atoms with van der Waals surface area (Å²) >= 11 is 5.95. The van der Waals surface area contributed by atoms with Gasteiger partial charge in [-0.3, -0.25) is 9.59 Å². The lowest BCUT2D eigenvalue weighted by Crippen LogP contribution is -2.41. The minimum Gasteiger partial charge on any atom is -0.497 e. The van der Waals surface area contributed by atoms with E-state index in [1.807, 2.05) is 12.1 Å². The Morgan fingerprint density at radius 2 is 1.70 bits per heavy atom. The predicted octanol–water partition coefficient (Wildman–Crippen LogP) is 4.36. The van der Waals surface area contributed by atoms with Gasteiger partial charge in [-0.1, -0.05) is 41.9 Å². The summed E-state index contributed by atoms with van der Waals surface area (Å²) in [4.78, 5) is 27.7. The lowest BCUT2D eigenvalue weighted by molar-refractivity contribution is -0.136. The second-order valence-corrected chi connectivity index (χ2v) is 7.66. The van der Waals surface area contributed by atoms with Crippen molar-refractivity contribution in [2.75, 3.05) is 12.0 Å². The number of para-hydroxylation sites is 1. The molecule has 6 heteroatoms. The Kier molecular flexibility index (Phi) is 5.33. The van der Waals surface area contributed by atoms with Crippen molar-refractivity contribution in [2.24, 2.45) is 0 Å². The van der Waals surface area contributed by atoms with Gasteiger partial charge < -0.3 is 14.7 Å². The van der Waals surface area contributed by atoms with E-state index in [1.165, 1.54) is 4.90 Å². The SMILES string of the molecule is COc1ccc(C(=O)CC2(O)C(=O)N(Cc3ccc(Cl)cc3)c3ccccc32)cc1. The zero-order valence-electron chi connectivity index (χ0n) is 16.3.